The van der Waals surface area contributed by atoms with E-state index in [1.807, 2.05) is 25.1 Å². The number of halogens is 1. The zero-order valence-corrected chi connectivity index (χ0v) is 18.2. The fourth-order valence-electron chi connectivity index (χ4n) is 4.72. The highest BCUT2D eigenvalue weighted by Crippen LogP contribution is 2.33. The van der Waals surface area contributed by atoms with Crippen LogP contribution in [0.3, 0.4) is 0 Å². The molecule has 2 fully saturated rings. The molecule has 7 heteroatoms. The Morgan fingerprint density at radius 2 is 1.62 bits per heavy atom. The van der Waals surface area contributed by atoms with Gasteiger partial charge in [0, 0.05) is 31.2 Å². The van der Waals surface area contributed by atoms with Crippen molar-refractivity contribution in [2.45, 2.75) is 44.2 Å². The number of nitrogens with one attached hydrogen (secondary N) is 1. The average Bonchev–Trinajstić information content (AvgIpc) is 3.22. The molecule has 168 valence electrons. The van der Waals surface area contributed by atoms with Crippen LogP contribution in [0.5, 0.6) is 0 Å². The second-order valence-corrected chi connectivity index (χ2v) is 8.72. The van der Waals surface area contributed by atoms with Gasteiger partial charge in [-0.15, -0.1) is 0 Å². The summed E-state index contributed by atoms with van der Waals surface area (Å²) in [4.78, 5) is 42.4. The Kier molecular flexibility index (Phi) is 6.26. The summed E-state index contributed by atoms with van der Waals surface area (Å²) in [6.07, 6.45) is 2.60. The minimum absolute atomic E-state index is 0.0274. The lowest BCUT2D eigenvalue weighted by Gasteiger charge is -2.41. The Labute approximate surface area is 187 Å². The van der Waals surface area contributed by atoms with E-state index in [-0.39, 0.29) is 23.4 Å². The van der Waals surface area contributed by atoms with E-state index < -0.39 is 17.3 Å². The van der Waals surface area contributed by atoms with Gasteiger partial charge in [-0.2, -0.15) is 0 Å². The van der Waals surface area contributed by atoms with Crippen LogP contribution >= 0.6 is 0 Å². The van der Waals surface area contributed by atoms with Gasteiger partial charge < -0.3 is 15.1 Å². The molecule has 0 saturated carbocycles. The van der Waals surface area contributed by atoms with E-state index in [0.29, 0.717) is 44.5 Å². The Hall–Kier alpha value is -3.22. The highest BCUT2D eigenvalue weighted by molar-refractivity contribution is 5.99. The lowest BCUT2D eigenvalue weighted by Crippen LogP contribution is -2.58. The zero-order valence-electron chi connectivity index (χ0n) is 18.2. The monoisotopic (exact) mass is 437 g/mol. The number of amides is 3. The summed E-state index contributed by atoms with van der Waals surface area (Å²) < 4.78 is 13.9. The van der Waals surface area contributed by atoms with Crippen molar-refractivity contribution in [3.05, 3.63) is 71.5 Å². The molecule has 1 N–H and O–H groups in total. The van der Waals surface area contributed by atoms with Crippen LogP contribution in [0.15, 0.2) is 54.6 Å². The highest BCUT2D eigenvalue weighted by atomic mass is 19.1. The van der Waals surface area contributed by atoms with E-state index in [4.69, 9.17) is 0 Å². The van der Waals surface area contributed by atoms with Gasteiger partial charge >= 0.3 is 0 Å². The molecule has 2 aromatic carbocycles. The Morgan fingerprint density at radius 1 is 0.969 bits per heavy atom. The summed E-state index contributed by atoms with van der Waals surface area (Å²) in [7, 11) is 0. The molecule has 0 aromatic heterocycles. The van der Waals surface area contributed by atoms with Gasteiger partial charge in [0.25, 0.3) is 11.8 Å². The standard InChI is InChI=1S/C25H28FN3O3/c1-25(14-7-15-29(25)23(31)18-8-3-2-4-9-18)24(32)28-16-12-19(13-17-28)27-22(30)20-10-5-6-11-21(20)26/h2-6,8-11,19H,7,12-17H2,1H3,(H,27,30). The molecule has 0 bridgehead atoms. The minimum atomic E-state index is -0.865. The maximum absolute atomic E-state index is 13.9. The summed E-state index contributed by atoms with van der Waals surface area (Å²) in [6, 6.07) is 14.8. The first-order valence-electron chi connectivity index (χ1n) is 11.1. The van der Waals surface area contributed by atoms with Crippen molar-refractivity contribution in [3.63, 3.8) is 0 Å². The third kappa shape index (κ3) is 4.24. The van der Waals surface area contributed by atoms with Gasteiger partial charge in [-0.1, -0.05) is 30.3 Å². The van der Waals surface area contributed by atoms with Gasteiger partial charge in [-0.3, -0.25) is 14.4 Å². The molecule has 4 rings (SSSR count). The number of rotatable bonds is 4. The quantitative estimate of drug-likeness (QED) is 0.798. The van der Waals surface area contributed by atoms with E-state index in [1.165, 1.54) is 12.1 Å². The number of carbonyl (C=O) groups is 3. The van der Waals surface area contributed by atoms with Gasteiger partial charge in [0.05, 0.1) is 5.56 Å². The summed E-state index contributed by atoms with van der Waals surface area (Å²) in [5.41, 5.74) is -0.251. The first-order valence-corrected chi connectivity index (χ1v) is 11.1. The minimum Gasteiger partial charge on any atom is -0.349 e. The highest BCUT2D eigenvalue weighted by Gasteiger charge is 2.48. The van der Waals surface area contributed by atoms with Gasteiger partial charge in [0.2, 0.25) is 5.91 Å². The number of hydrogen-bond acceptors (Lipinski definition) is 3. The summed E-state index contributed by atoms with van der Waals surface area (Å²) in [5, 5.41) is 2.88. The molecule has 0 radical (unpaired) electrons. The molecule has 2 aliphatic heterocycles. The molecule has 3 amide bonds. The molecular weight excluding hydrogens is 409 g/mol. The van der Waals surface area contributed by atoms with Crippen LogP contribution in [0.1, 0.15) is 53.3 Å². The second kappa shape index (κ2) is 9.10. The first-order chi connectivity index (χ1) is 15.4. The normalized spacial score (nSPS) is 21.4. The molecule has 0 spiro atoms. The van der Waals surface area contributed by atoms with Crippen molar-refractivity contribution in [3.8, 4) is 0 Å². The van der Waals surface area contributed by atoms with Crippen LogP contribution in [0.25, 0.3) is 0 Å². The van der Waals surface area contributed by atoms with Crippen LogP contribution in [0.4, 0.5) is 4.39 Å². The smallest absolute Gasteiger partial charge is 0.254 e. The number of nitrogens with zero attached hydrogens (tertiary/aromatic N) is 2. The van der Waals surface area contributed by atoms with Crippen molar-refractivity contribution in [1.82, 2.24) is 15.1 Å². The Morgan fingerprint density at radius 3 is 2.31 bits per heavy atom. The van der Waals surface area contributed by atoms with Crippen molar-refractivity contribution in [1.29, 1.82) is 0 Å². The molecule has 2 saturated heterocycles. The second-order valence-electron chi connectivity index (χ2n) is 8.72. The zero-order chi connectivity index (χ0) is 22.7. The number of likely N-dealkylation sites (tertiary alicyclic amines) is 2. The van der Waals surface area contributed by atoms with Crippen LogP contribution in [0.2, 0.25) is 0 Å². The molecule has 0 aliphatic carbocycles. The van der Waals surface area contributed by atoms with Gasteiger partial charge in [0.1, 0.15) is 11.4 Å². The SMILES string of the molecule is CC1(C(=O)N2CCC(NC(=O)c3ccccc3F)CC2)CCCN1C(=O)c1ccccc1. The predicted octanol–water partition coefficient (Wildman–Crippen LogP) is 3.24. The topological polar surface area (TPSA) is 69.7 Å². The molecule has 2 heterocycles. The van der Waals surface area contributed by atoms with E-state index in [0.717, 1.165) is 6.42 Å². The summed E-state index contributed by atoms with van der Waals surface area (Å²) in [5.74, 6) is -1.14. The van der Waals surface area contributed by atoms with Crippen LogP contribution in [0, 0.1) is 5.82 Å². The van der Waals surface area contributed by atoms with E-state index >= 15 is 0 Å². The van der Waals surface area contributed by atoms with Crippen molar-refractivity contribution in [2.75, 3.05) is 19.6 Å². The fraction of sp³-hybridized carbons (Fsp3) is 0.400. The van der Waals surface area contributed by atoms with Crippen molar-refractivity contribution in [2.24, 2.45) is 0 Å². The van der Waals surface area contributed by atoms with E-state index in [2.05, 4.69) is 5.32 Å². The Balaban J connectivity index is 1.38. The lowest BCUT2D eigenvalue weighted by molar-refractivity contribution is -0.141. The molecule has 1 atom stereocenters. The fourth-order valence-corrected chi connectivity index (χ4v) is 4.72. The lowest BCUT2D eigenvalue weighted by atomic mass is 9.94. The number of benzene rings is 2. The molecule has 2 aromatic rings. The van der Waals surface area contributed by atoms with Gasteiger partial charge in [-0.25, -0.2) is 4.39 Å². The van der Waals surface area contributed by atoms with Crippen molar-refractivity contribution < 1.29 is 18.8 Å². The predicted molar refractivity (Wildman–Crippen MR) is 119 cm³/mol. The maximum atomic E-state index is 13.9. The Bertz CT molecular complexity index is 1000. The summed E-state index contributed by atoms with van der Waals surface area (Å²) in [6.45, 7) is 3.40. The van der Waals surface area contributed by atoms with E-state index in [1.54, 1.807) is 34.1 Å². The number of carbonyl (C=O) groups excluding carboxylic acids is 3. The third-order valence-corrected chi connectivity index (χ3v) is 6.60. The van der Waals surface area contributed by atoms with Gasteiger partial charge in [-0.05, 0) is 56.9 Å². The third-order valence-electron chi connectivity index (χ3n) is 6.60. The number of hydrogen-bond donors (Lipinski definition) is 1. The van der Waals surface area contributed by atoms with Crippen LogP contribution in [-0.4, -0.2) is 58.7 Å². The van der Waals surface area contributed by atoms with Gasteiger partial charge in [0.15, 0.2) is 0 Å². The maximum Gasteiger partial charge on any atom is 0.254 e. The van der Waals surface area contributed by atoms with Crippen LogP contribution < -0.4 is 5.32 Å². The molecule has 6 nitrogen and oxygen atoms in total. The molecule has 1 unspecified atom stereocenters. The van der Waals surface area contributed by atoms with Crippen molar-refractivity contribution >= 4 is 17.7 Å². The van der Waals surface area contributed by atoms with Crippen LogP contribution in [-0.2, 0) is 4.79 Å². The average molecular weight is 438 g/mol. The molecule has 2 aliphatic rings. The number of piperidine rings is 1. The van der Waals surface area contributed by atoms with E-state index in [9.17, 15) is 18.8 Å². The summed E-state index contributed by atoms with van der Waals surface area (Å²) >= 11 is 0. The largest absolute Gasteiger partial charge is 0.349 e. The molecular formula is C25H28FN3O3. The first kappa shape index (κ1) is 22.0. The molecule has 32 heavy (non-hydrogen) atoms.